The SMILES string of the molecule is CCO[Si](OCC)(OCC)[Si](OCC)([Si](OCC)(OCC)OCC)[Si](OCC)(OCC)OCC. The van der Waals surface area contributed by atoms with Gasteiger partial charge < -0.3 is 44.3 Å². The van der Waals surface area contributed by atoms with Crippen molar-refractivity contribution in [1.82, 2.24) is 0 Å². The number of hydrogen-bond acceptors (Lipinski definition) is 10. The molecule has 0 aromatic rings. The van der Waals surface area contributed by atoms with Gasteiger partial charge in [-0.25, -0.2) is 0 Å². The average Bonchev–Trinajstić information content (AvgIpc) is 2.78. The minimum Gasteiger partial charge on any atom is -0.407 e. The van der Waals surface area contributed by atoms with Crippen LogP contribution in [0.1, 0.15) is 69.2 Å². The molecule has 0 aliphatic rings. The van der Waals surface area contributed by atoms with Gasteiger partial charge in [-0.3, -0.25) is 0 Å². The van der Waals surface area contributed by atoms with Crippen LogP contribution in [0.2, 0.25) is 0 Å². The Hall–Kier alpha value is 0.468. The van der Waals surface area contributed by atoms with Crippen molar-refractivity contribution in [1.29, 1.82) is 0 Å². The third-order valence-corrected chi connectivity index (χ3v) is 43.5. The molecule has 0 aliphatic heterocycles. The van der Waals surface area contributed by atoms with Crippen LogP contribution in [0.25, 0.3) is 0 Å². The first-order valence-corrected chi connectivity index (χ1v) is 22.8. The van der Waals surface area contributed by atoms with E-state index in [0.717, 1.165) is 0 Å². The lowest BCUT2D eigenvalue weighted by atomic mass is 10.9. The van der Waals surface area contributed by atoms with Gasteiger partial charge in [0.1, 0.15) is 0 Å². The van der Waals surface area contributed by atoms with Gasteiger partial charge in [0, 0.05) is 66.1 Å². The Morgan fingerprint density at radius 2 is 0.412 bits per heavy atom. The summed E-state index contributed by atoms with van der Waals surface area (Å²) in [5.74, 6) is 0. The minimum atomic E-state index is -3.91. The highest BCUT2D eigenvalue weighted by molar-refractivity contribution is 7.80. The summed E-state index contributed by atoms with van der Waals surface area (Å²) in [5, 5.41) is 0. The Balaban J connectivity index is 8.04. The first-order chi connectivity index (χ1) is 16.4. The largest absolute Gasteiger partial charge is 0.515 e. The summed E-state index contributed by atoms with van der Waals surface area (Å²) in [4.78, 5) is 0. The van der Waals surface area contributed by atoms with Crippen LogP contribution in [0, 0.1) is 0 Å². The third-order valence-electron chi connectivity index (χ3n) is 4.66. The zero-order valence-electron chi connectivity index (χ0n) is 23.2. The maximum atomic E-state index is 6.90. The van der Waals surface area contributed by atoms with E-state index in [9.17, 15) is 0 Å². The Labute approximate surface area is 211 Å². The van der Waals surface area contributed by atoms with E-state index in [-0.39, 0.29) is 0 Å². The lowest BCUT2D eigenvalue weighted by Crippen LogP contribution is -2.96. The van der Waals surface area contributed by atoms with E-state index in [1.807, 2.05) is 69.2 Å². The van der Waals surface area contributed by atoms with Crippen LogP contribution in [-0.4, -0.2) is 97.9 Å². The summed E-state index contributed by atoms with van der Waals surface area (Å²) in [6.45, 7) is 18.4. The van der Waals surface area contributed by atoms with Gasteiger partial charge in [-0.1, -0.05) is 0 Å². The molecule has 0 N–H and O–H groups in total. The van der Waals surface area contributed by atoms with Crippen LogP contribution < -0.4 is 0 Å². The predicted octanol–water partition coefficient (Wildman–Crippen LogP) is 3.35. The Morgan fingerprint density at radius 1 is 0.265 bits per heavy atom. The maximum absolute atomic E-state index is 6.90. The van der Waals surface area contributed by atoms with Crippen LogP contribution in [-0.2, 0) is 44.3 Å². The summed E-state index contributed by atoms with van der Waals surface area (Å²) in [7, 11) is -11.4. The Bertz CT molecular complexity index is 402. The second-order valence-corrected chi connectivity index (χ2v) is 30.6. The van der Waals surface area contributed by atoms with E-state index >= 15 is 0 Å². The molecular formula is C20H50O10Si4. The van der Waals surface area contributed by atoms with Gasteiger partial charge in [0.15, 0.2) is 0 Å². The predicted molar refractivity (Wildman–Crippen MR) is 139 cm³/mol. The van der Waals surface area contributed by atoms with Gasteiger partial charge in [-0.2, -0.15) is 0 Å². The maximum Gasteiger partial charge on any atom is 0.515 e. The van der Waals surface area contributed by atoms with Crippen molar-refractivity contribution >= 4 is 31.8 Å². The molecule has 0 bridgehead atoms. The van der Waals surface area contributed by atoms with E-state index < -0.39 is 31.8 Å². The fraction of sp³-hybridized carbons (Fsp3) is 1.00. The molecule has 0 rings (SSSR count). The van der Waals surface area contributed by atoms with Crippen molar-refractivity contribution in [2.75, 3.05) is 66.1 Å². The molecule has 10 nitrogen and oxygen atoms in total. The third kappa shape index (κ3) is 7.06. The van der Waals surface area contributed by atoms with Crippen molar-refractivity contribution in [3.8, 4) is 0 Å². The van der Waals surface area contributed by atoms with Crippen molar-refractivity contribution in [2.45, 2.75) is 69.2 Å². The summed E-state index contributed by atoms with van der Waals surface area (Å²) in [5.41, 5.74) is 0. The highest BCUT2D eigenvalue weighted by Crippen LogP contribution is 2.43. The highest BCUT2D eigenvalue weighted by atomic mass is 30.0. The lowest BCUT2D eigenvalue weighted by Gasteiger charge is -2.52. The molecule has 14 heteroatoms. The second-order valence-electron chi connectivity index (χ2n) is 6.68. The van der Waals surface area contributed by atoms with Crippen molar-refractivity contribution < 1.29 is 44.3 Å². The van der Waals surface area contributed by atoms with Gasteiger partial charge in [-0.15, -0.1) is 0 Å². The van der Waals surface area contributed by atoms with Crippen molar-refractivity contribution in [2.24, 2.45) is 0 Å². The summed E-state index contributed by atoms with van der Waals surface area (Å²) in [6.07, 6.45) is 0. The van der Waals surface area contributed by atoms with Crippen LogP contribution in [0.15, 0.2) is 0 Å². The highest BCUT2D eigenvalue weighted by Gasteiger charge is 2.95. The smallest absolute Gasteiger partial charge is 0.407 e. The topological polar surface area (TPSA) is 92.3 Å². The molecule has 34 heavy (non-hydrogen) atoms. The van der Waals surface area contributed by atoms with Crippen LogP contribution >= 0.6 is 0 Å². The molecule has 0 amide bonds. The summed E-state index contributed by atoms with van der Waals surface area (Å²) >= 11 is 0. The van der Waals surface area contributed by atoms with E-state index in [2.05, 4.69) is 0 Å². The molecule has 206 valence electrons. The Kier molecular flexibility index (Phi) is 18.1. The van der Waals surface area contributed by atoms with Gasteiger partial charge in [-0.05, 0) is 69.2 Å². The first-order valence-electron chi connectivity index (χ1n) is 12.7. The molecule has 0 fully saturated rings. The van der Waals surface area contributed by atoms with E-state index in [1.54, 1.807) is 0 Å². The number of hydrogen-bond donors (Lipinski definition) is 0. The molecule has 0 aliphatic carbocycles. The molecule has 0 atom stereocenters. The first kappa shape index (κ1) is 34.5. The minimum absolute atomic E-state index is 0.304. The molecule has 0 unspecified atom stereocenters. The molecule has 0 saturated heterocycles. The van der Waals surface area contributed by atoms with Gasteiger partial charge in [0.25, 0.3) is 0 Å². The van der Waals surface area contributed by atoms with E-state index in [1.165, 1.54) is 0 Å². The Morgan fingerprint density at radius 3 is 0.529 bits per heavy atom. The van der Waals surface area contributed by atoms with Gasteiger partial charge >= 0.3 is 31.8 Å². The van der Waals surface area contributed by atoms with Crippen LogP contribution in [0.5, 0.6) is 0 Å². The fourth-order valence-electron chi connectivity index (χ4n) is 4.04. The average molecular weight is 563 g/mol. The fourth-order valence-corrected chi connectivity index (χ4v) is 49.6. The molecule has 0 radical (unpaired) electrons. The standard InChI is InChI=1S/C20H50O10Si4/c1-11-21-31(22-12-2,23-13-3)34(30-20-10,32(24-14-4,25-15-5)26-16-6)33(27-17-7,28-18-8)29-19-9/h11-20H2,1-10H3. The monoisotopic (exact) mass is 562 g/mol. The van der Waals surface area contributed by atoms with Crippen LogP contribution in [0.4, 0.5) is 0 Å². The molecule has 0 spiro atoms. The summed E-state index contributed by atoms with van der Waals surface area (Å²) in [6, 6.07) is 0. The summed E-state index contributed by atoms with van der Waals surface area (Å²) < 4.78 is 65.8. The quantitative estimate of drug-likeness (QED) is 0.173. The van der Waals surface area contributed by atoms with Crippen LogP contribution in [0.3, 0.4) is 0 Å². The number of rotatable bonds is 23. The normalized spacial score (nSPS) is 13.6. The van der Waals surface area contributed by atoms with Crippen molar-refractivity contribution in [3.05, 3.63) is 0 Å². The van der Waals surface area contributed by atoms with Gasteiger partial charge in [0.2, 0.25) is 0 Å². The van der Waals surface area contributed by atoms with Gasteiger partial charge in [0.05, 0.1) is 0 Å². The molecule has 0 heterocycles. The molecular weight excluding hydrogens is 513 g/mol. The van der Waals surface area contributed by atoms with Crippen molar-refractivity contribution in [3.63, 3.8) is 0 Å². The lowest BCUT2D eigenvalue weighted by molar-refractivity contribution is 0.0487. The zero-order chi connectivity index (χ0) is 26.1. The van der Waals surface area contributed by atoms with E-state index in [0.29, 0.717) is 66.1 Å². The second kappa shape index (κ2) is 17.8. The zero-order valence-corrected chi connectivity index (χ0v) is 27.2. The molecule has 0 aromatic carbocycles. The van der Waals surface area contributed by atoms with E-state index in [4.69, 9.17) is 44.3 Å². The molecule has 0 aromatic heterocycles. The molecule has 0 saturated carbocycles.